The van der Waals surface area contributed by atoms with Crippen LogP contribution < -0.4 is 5.32 Å². The zero-order valence-electron chi connectivity index (χ0n) is 14.2. The molecule has 23 heavy (non-hydrogen) atoms. The van der Waals surface area contributed by atoms with Crippen molar-refractivity contribution in [2.75, 3.05) is 0 Å². The lowest BCUT2D eigenvalue weighted by Crippen LogP contribution is -2.31. The molecule has 0 aromatic heterocycles. The lowest BCUT2D eigenvalue weighted by molar-refractivity contribution is -0.111. The van der Waals surface area contributed by atoms with Crippen LogP contribution in [0.1, 0.15) is 63.0 Å². The second-order valence-corrected chi connectivity index (χ2v) is 7.43. The van der Waals surface area contributed by atoms with Gasteiger partial charge in [-0.1, -0.05) is 48.2 Å². The molecule has 4 heteroatoms. The summed E-state index contributed by atoms with van der Waals surface area (Å²) in [6.07, 6.45) is 8.22. The van der Waals surface area contributed by atoms with E-state index in [4.69, 9.17) is 4.99 Å². The average Bonchev–Trinajstić information content (AvgIpc) is 3.00. The first kappa shape index (κ1) is 18.2. The predicted molar refractivity (Wildman–Crippen MR) is 99.9 cm³/mol. The number of aldehydes is 1. The molecule has 0 spiro atoms. The van der Waals surface area contributed by atoms with Crippen molar-refractivity contribution in [2.45, 2.75) is 70.9 Å². The number of nitrogens with zero attached hydrogens (tertiary/aromatic N) is 1. The molecule has 1 aromatic carbocycles. The Hall–Kier alpha value is -1.16. The van der Waals surface area contributed by atoms with E-state index in [2.05, 4.69) is 53.3 Å². The first-order valence-corrected chi connectivity index (χ1v) is 9.42. The quantitative estimate of drug-likeness (QED) is 0.414. The third-order valence-corrected chi connectivity index (χ3v) is 5.09. The molecule has 1 aliphatic rings. The van der Waals surface area contributed by atoms with E-state index >= 15 is 0 Å². The minimum absolute atomic E-state index is 0.467. The van der Waals surface area contributed by atoms with Gasteiger partial charge in [0.05, 0.1) is 5.84 Å². The standard InChI is InChI=1S/C19H27BrN2O/c1-3-4-7-18(22-19(14-23)10-5-6-11-19)21-13-16-8-9-17(20)12-15(16)2/h8-9,12,14H,3-7,10-11,13H2,1-2H3,(H,21,22). The molecule has 1 saturated carbocycles. The Bertz CT molecular complexity index is 562. The second-order valence-electron chi connectivity index (χ2n) is 6.51. The van der Waals surface area contributed by atoms with Crippen molar-refractivity contribution >= 4 is 28.1 Å². The molecule has 0 bridgehead atoms. The van der Waals surface area contributed by atoms with Gasteiger partial charge >= 0.3 is 0 Å². The highest BCUT2D eigenvalue weighted by molar-refractivity contribution is 9.10. The average molecular weight is 379 g/mol. The van der Waals surface area contributed by atoms with E-state index < -0.39 is 5.54 Å². The van der Waals surface area contributed by atoms with Crippen LogP contribution in [0.25, 0.3) is 0 Å². The second kappa shape index (κ2) is 8.62. The maximum atomic E-state index is 11.6. The Kier molecular flexibility index (Phi) is 6.82. The Labute approximate surface area is 148 Å². The van der Waals surface area contributed by atoms with Crippen molar-refractivity contribution in [2.24, 2.45) is 4.99 Å². The summed E-state index contributed by atoms with van der Waals surface area (Å²) in [5.74, 6) is 0.989. The van der Waals surface area contributed by atoms with Crippen LogP contribution in [-0.4, -0.2) is 17.7 Å². The number of nitrogens with one attached hydrogen (secondary N) is 1. The number of benzene rings is 1. The summed E-state index contributed by atoms with van der Waals surface area (Å²) in [7, 11) is 0. The topological polar surface area (TPSA) is 41.5 Å². The van der Waals surface area contributed by atoms with Gasteiger partial charge in [0.25, 0.3) is 0 Å². The summed E-state index contributed by atoms with van der Waals surface area (Å²) in [5, 5.41) is 3.49. The van der Waals surface area contributed by atoms with E-state index in [0.717, 1.165) is 68.1 Å². The number of aryl methyl sites for hydroxylation is 1. The van der Waals surface area contributed by atoms with Crippen LogP contribution in [0.3, 0.4) is 0 Å². The third kappa shape index (κ3) is 5.17. The van der Waals surface area contributed by atoms with Crippen LogP contribution in [0.15, 0.2) is 27.7 Å². The van der Waals surface area contributed by atoms with E-state index in [1.165, 1.54) is 11.1 Å². The lowest BCUT2D eigenvalue weighted by Gasteiger charge is -2.20. The van der Waals surface area contributed by atoms with E-state index in [9.17, 15) is 4.79 Å². The number of aliphatic imine (C=N–C) groups is 1. The lowest BCUT2D eigenvalue weighted by atomic mass is 10.0. The van der Waals surface area contributed by atoms with Crippen molar-refractivity contribution in [3.63, 3.8) is 0 Å². The van der Waals surface area contributed by atoms with Gasteiger partial charge in [-0.2, -0.15) is 0 Å². The Balaban J connectivity index is 2.10. The van der Waals surface area contributed by atoms with Gasteiger partial charge in [-0.25, -0.2) is 0 Å². The van der Waals surface area contributed by atoms with Crippen molar-refractivity contribution < 1.29 is 4.79 Å². The van der Waals surface area contributed by atoms with Crippen LogP contribution in [-0.2, 0) is 11.3 Å². The number of carbonyl (C=O) groups excluding carboxylic acids is 1. The molecule has 1 N–H and O–H groups in total. The van der Waals surface area contributed by atoms with Gasteiger partial charge in [0, 0.05) is 17.4 Å². The number of halogens is 1. The molecule has 3 nitrogen and oxygen atoms in total. The minimum atomic E-state index is -0.467. The molecular weight excluding hydrogens is 352 g/mol. The van der Waals surface area contributed by atoms with Gasteiger partial charge in [-0.15, -0.1) is 0 Å². The van der Waals surface area contributed by atoms with Crippen molar-refractivity contribution in [3.8, 4) is 0 Å². The maximum absolute atomic E-state index is 11.6. The number of rotatable bonds is 7. The summed E-state index contributed by atoms with van der Waals surface area (Å²) in [6.45, 7) is 5.06. The Morgan fingerprint density at radius 2 is 2.13 bits per heavy atom. The molecule has 0 unspecified atom stereocenters. The third-order valence-electron chi connectivity index (χ3n) is 4.60. The van der Waals surface area contributed by atoms with E-state index in [1.54, 1.807) is 0 Å². The highest BCUT2D eigenvalue weighted by Crippen LogP contribution is 2.31. The van der Waals surface area contributed by atoms with Crippen molar-refractivity contribution in [3.05, 3.63) is 33.8 Å². The highest BCUT2D eigenvalue weighted by atomic mass is 79.9. The number of amidine groups is 1. The molecule has 0 atom stereocenters. The van der Waals surface area contributed by atoms with E-state index in [1.807, 2.05) is 0 Å². The molecule has 0 saturated heterocycles. The number of hydrogen-bond acceptors (Lipinski definition) is 2. The smallest absolute Gasteiger partial charge is 0.147 e. The normalized spacial score (nSPS) is 17.3. The van der Waals surface area contributed by atoms with Gasteiger partial charge < -0.3 is 10.1 Å². The van der Waals surface area contributed by atoms with E-state index in [-0.39, 0.29) is 0 Å². The van der Waals surface area contributed by atoms with E-state index in [0.29, 0.717) is 0 Å². The molecule has 1 aromatic rings. The number of unbranched alkanes of at least 4 members (excludes halogenated alkanes) is 1. The monoisotopic (exact) mass is 378 g/mol. The summed E-state index contributed by atoms with van der Waals surface area (Å²) in [5.41, 5.74) is 2.06. The fraction of sp³-hybridized carbons (Fsp3) is 0.579. The first-order valence-electron chi connectivity index (χ1n) is 8.62. The SMILES string of the molecule is CCCC/C(=N/C1(C=O)CCCC1)NCc1ccc(Br)cc1C. The van der Waals surface area contributed by atoms with Gasteiger partial charge in [0.2, 0.25) is 0 Å². The fourth-order valence-electron chi connectivity index (χ4n) is 3.09. The Morgan fingerprint density at radius 3 is 2.74 bits per heavy atom. The van der Waals surface area contributed by atoms with Crippen LogP contribution in [0, 0.1) is 6.92 Å². The molecule has 0 aliphatic heterocycles. The molecule has 0 radical (unpaired) electrons. The van der Waals surface area contributed by atoms with Crippen LogP contribution in [0.4, 0.5) is 0 Å². The molecule has 0 heterocycles. The molecule has 1 fully saturated rings. The van der Waals surface area contributed by atoms with Crippen molar-refractivity contribution in [1.82, 2.24) is 5.32 Å². The molecule has 126 valence electrons. The summed E-state index contributed by atoms with van der Waals surface area (Å²) >= 11 is 3.50. The van der Waals surface area contributed by atoms with Gasteiger partial charge in [-0.05, 0) is 49.4 Å². The zero-order chi connectivity index (χ0) is 16.7. The van der Waals surface area contributed by atoms with Gasteiger partial charge in [0.15, 0.2) is 0 Å². The largest absolute Gasteiger partial charge is 0.370 e. The summed E-state index contributed by atoms with van der Waals surface area (Å²) in [4.78, 5) is 16.4. The highest BCUT2D eigenvalue weighted by Gasteiger charge is 2.33. The van der Waals surface area contributed by atoms with Gasteiger partial charge in [0.1, 0.15) is 11.8 Å². The molecular formula is C19H27BrN2O. The van der Waals surface area contributed by atoms with Gasteiger partial charge in [-0.3, -0.25) is 4.99 Å². The predicted octanol–water partition coefficient (Wildman–Crippen LogP) is 4.95. The molecule has 1 aliphatic carbocycles. The minimum Gasteiger partial charge on any atom is -0.370 e. The molecule has 2 rings (SSSR count). The summed E-state index contributed by atoms with van der Waals surface area (Å²) in [6, 6.07) is 6.33. The number of hydrogen-bond donors (Lipinski definition) is 1. The number of carbonyl (C=O) groups is 1. The zero-order valence-corrected chi connectivity index (χ0v) is 15.8. The van der Waals surface area contributed by atoms with Crippen LogP contribution in [0.5, 0.6) is 0 Å². The maximum Gasteiger partial charge on any atom is 0.147 e. The first-order chi connectivity index (χ1) is 11.1. The fourth-order valence-corrected chi connectivity index (χ4v) is 3.57. The van der Waals surface area contributed by atoms with Crippen LogP contribution >= 0.6 is 15.9 Å². The molecule has 0 amide bonds. The van der Waals surface area contributed by atoms with Crippen molar-refractivity contribution in [1.29, 1.82) is 0 Å². The summed E-state index contributed by atoms with van der Waals surface area (Å²) < 4.78 is 1.10. The van der Waals surface area contributed by atoms with Crippen LogP contribution in [0.2, 0.25) is 0 Å². The Morgan fingerprint density at radius 1 is 1.39 bits per heavy atom.